The van der Waals surface area contributed by atoms with E-state index in [1.165, 1.54) is 0 Å². The van der Waals surface area contributed by atoms with Crippen molar-refractivity contribution in [2.24, 2.45) is 5.41 Å². The highest BCUT2D eigenvalue weighted by Gasteiger charge is 2.25. The van der Waals surface area contributed by atoms with Crippen molar-refractivity contribution < 1.29 is 19.4 Å². The van der Waals surface area contributed by atoms with E-state index in [-0.39, 0.29) is 30.6 Å². The smallest absolute Gasteiger partial charge is 0.258 e. The van der Waals surface area contributed by atoms with Gasteiger partial charge in [-0.3, -0.25) is 4.79 Å². The van der Waals surface area contributed by atoms with Crippen molar-refractivity contribution in [3.8, 4) is 11.5 Å². The zero-order valence-electron chi connectivity index (χ0n) is 13.2. The normalized spacial score (nSPS) is 12.6. The van der Waals surface area contributed by atoms with Crippen LogP contribution >= 0.6 is 0 Å². The van der Waals surface area contributed by atoms with E-state index in [4.69, 9.17) is 14.6 Å². The fourth-order valence-electron chi connectivity index (χ4n) is 1.91. The van der Waals surface area contributed by atoms with Gasteiger partial charge in [-0.2, -0.15) is 0 Å². The predicted molar refractivity (Wildman–Crippen MR) is 81.6 cm³/mol. The topological polar surface area (TPSA) is 67.8 Å². The lowest BCUT2D eigenvalue weighted by Gasteiger charge is -2.31. The number of nitrogens with one attached hydrogen (secondary N) is 1. The van der Waals surface area contributed by atoms with Crippen molar-refractivity contribution in [2.75, 3.05) is 20.3 Å². The van der Waals surface area contributed by atoms with Crippen LogP contribution in [0, 0.1) is 5.41 Å². The van der Waals surface area contributed by atoms with Gasteiger partial charge >= 0.3 is 0 Å². The molecule has 5 heteroatoms. The minimum absolute atomic E-state index is 0.0432. The van der Waals surface area contributed by atoms with E-state index in [2.05, 4.69) is 5.32 Å². The molecule has 0 aromatic heterocycles. The van der Waals surface area contributed by atoms with Gasteiger partial charge in [-0.1, -0.05) is 20.8 Å². The number of amides is 1. The van der Waals surface area contributed by atoms with Gasteiger partial charge in [0.05, 0.1) is 7.11 Å². The van der Waals surface area contributed by atoms with E-state index in [9.17, 15) is 4.79 Å². The number of hydrogen-bond donors (Lipinski definition) is 2. The highest BCUT2D eigenvalue weighted by atomic mass is 16.5. The third kappa shape index (κ3) is 6.04. The average Bonchev–Trinajstić information content (AvgIpc) is 2.44. The number of ether oxygens (including phenoxy) is 2. The SMILES string of the molecule is COc1ccc(OCC(=O)NC(CCO)C(C)(C)C)cc1. The van der Waals surface area contributed by atoms with Crippen LogP contribution in [0.4, 0.5) is 0 Å². The van der Waals surface area contributed by atoms with Gasteiger partial charge in [-0.25, -0.2) is 0 Å². The van der Waals surface area contributed by atoms with Gasteiger partial charge in [0, 0.05) is 12.6 Å². The second-order valence-corrected chi connectivity index (χ2v) is 5.96. The highest BCUT2D eigenvalue weighted by Crippen LogP contribution is 2.21. The molecule has 0 saturated carbocycles. The number of methoxy groups -OCH3 is 1. The molecule has 0 radical (unpaired) electrons. The van der Waals surface area contributed by atoms with Crippen molar-refractivity contribution in [1.82, 2.24) is 5.32 Å². The summed E-state index contributed by atoms with van der Waals surface area (Å²) in [4.78, 5) is 11.9. The second-order valence-electron chi connectivity index (χ2n) is 5.96. The number of hydrogen-bond acceptors (Lipinski definition) is 4. The summed E-state index contributed by atoms with van der Waals surface area (Å²) in [5.74, 6) is 1.15. The van der Waals surface area contributed by atoms with Gasteiger partial charge in [-0.05, 0) is 36.1 Å². The molecular formula is C16H25NO4. The maximum atomic E-state index is 11.9. The van der Waals surface area contributed by atoms with Crippen molar-refractivity contribution >= 4 is 5.91 Å². The number of carbonyl (C=O) groups excluding carboxylic acids is 1. The molecule has 1 aromatic carbocycles. The molecule has 5 nitrogen and oxygen atoms in total. The Kier molecular flexibility index (Phi) is 6.49. The molecule has 0 aliphatic rings. The quantitative estimate of drug-likeness (QED) is 0.807. The van der Waals surface area contributed by atoms with Crippen molar-refractivity contribution in [3.05, 3.63) is 24.3 Å². The number of carbonyl (C=O) groups is 1. The Labute approximate surface area is 126 Å². The lowest BCUT2D eigenvalue weighted by atomic mass is 9.85. The van der Waals surface area contributed by atoms with Crippen LogP contribution in [0.25, 0.3) is 0 Å². The first-order chi connectivity index (χ1) is 9.86. The van der Waals surface area contributed by atoms with E-state index in [1.807, 2.05) is 20.8 Å². The predicted octanol–water partition coefficient (Wildman–Crippen LogP) is 1.99. The molecule has 1 aromatic rings. The molecule has 1 atom stereocenters. The Hall–Kier alpha value is -1.75. The molecule has 1 unspecified atom stereocenters. The maximum absolute atomic E-state index is 11.9. The molecule has 0 aliphatic heterocycles. The average molecular weight is 295 g/mol. The van der Waals surface area contributed by atoms with Crippen molar-refractivity contribution in [2.45, 2.75) is 33.2 Å². The van der Waals surface area contributed by atoms with Crippen LogP contribution in [0.15, 0.2) is 24.3 Å². The van der Waals surface area contributed by atoms with Crippen molar-refractivity contribution in [1.29, 1.82) is 0 Å². The molecule has 118 valence electrons. The van der Waals surface area contributed by atoms with Gasteiger partial charge in [-0.15, -0.1) is 0 Å². The van der Waals surface area contributed by atoms with Crippen LogP contribution in [-0.2, 0) is 4.79 Å². The van der Waals surface area contributed by atoms with Crippen LogP contribution in [0.1, 0.15) is 27.2 Å². The van der Waals surface area contributed by atoms with E-state index in [0.29, 0.717) is 12.2 Å². The molecule has 2 N–H and O–H groups in total. The van der Waals surface area contributed by atoms with Gasteiger partial charge < -0.3 is 19.9 Å². The summed E-state index contributed by atoms with van der Waals surface area (Å²) in [7, 11) is 1.59. The largest absolute Gasteiger partial charge is 0.497 e. The molecular weight excluding hydrogens is 270 g/mol. The Morgan fingerprint density at radius 2 is 1.81 bits per heavy atom. The third-order valence-corrected chi connectivity index (χ3v) is 3.23. The van der Waals surface area contributed by atoms with Gasteiger partial charge in [0.1, 0.15) is 11.5 Å². The fraction of sp³-hybridized carbons (Fsp3) is 0.562. The molecule has 0 bridgehead atoms. The van der Waals surface area contributed by atoms with Gasteiger partial charge in [0.15, 0.2) is 6.61 Å². The highest BCUT2D eigenvalue weighted by molar-refractivity contribution is 5.77. The number of benzene rings is 1. The number of aliphatic hydroxyl groups excluding tert-OH is 1. The first-order valence-corrected chi connectivity index (χ1v) is 7.04. The summed E-state index contributed by atoms with van der Waals surface area (Å²) >= 11 is 0. The van der Waals surface area contributed by atoms with E-state index >= 15 is 0 Å². The molecule has 0 aliphatic carbocycles. The minimum Gasteiger partial charge on any atom is -0.497 e. The Morgan fingerprint density at radius 1 is 1.24 bits per heavy atom. The summed E-state index contributed by atoms with van der Waals surface area (Å²) in [6.07, 6.45) is 0.526. The van der Waals surface area contributed by atoms with E-state index in [0.717, 1.165) is 5.75 Å². The standard InChI is InChI=1S/C16H25NO4/c1-16(2,3)14(9-10-18)17-15(19)11-21-13-7-5-12(20-4)6-8-13/h5-8,14,18H,9-11H2,1-4H3,(H,17,19). The first kappa shape index (κ1) is 17.3. The minimum atomic E-state index is -0.195. The second kappa shape index (κ2) is 7.88. The molecule has 0 saturated heterocycles. The molecule has 0 heterocycles. The van der Waals surface area contributed by atoms with Crippen LogP contribution in [0.3, 0.4) is 0 Å². The van der Waals surface area contributed by atoms with Crippen LogP contribution in [0.5, 0.6) is 11.5 Å². The van der Waals surface area contributed by atoms with E-state index < -0.39 is 0 Å². The summed E-state index contributed by atoms with van der Waals surface area (Å²) in [6, 6.07) is 6.96. The lowest BCUT2D eigenvalue weighted by molar-refractivity contribution is -0.124. The van der Waals surface area contributed by atoms with Crippen LogP contribution < -0.4 is 14.8 Å². The Balaban J connectivity index is 2.48. The van der Waals surface area contributed by atoms with E-state index in [1.54, 1.807) is 31.4 Å². The molecule has 0 spiro atoms. The summed E-state index contributed by atoms with van der Waals surface area (Å²) in [6.45, 7) is 6.07. The van der Waals surface area contributed by atoms with Crippen LogP contribution in [0.2, 0.25) is 0 Å². The monoisotopic (exact) mass is 295 g/mol. The Bertz CT molecular complexity index is 437. The van der Waals surface area contributed by atoms with Gasteiger partial charge in [0.25, 0.3) is 5.91 Å². The zero-order valence-corrected chi connectivity index (χ0v) is 13.2. The van der Waals surface area contributed by atoms with Crippen molar-refractivity contribution in [3.63, 3.8) is 0 Å². The van der Waals surface area contributed by atoms with Crippen LogP contribution in [-0.4, -0.2) is 37.4 Å². The summed E-state index contributed by atoms with van der Waals surface area (Å²) < 4.78 is 10.5. The summed E-state index contributed by atoms with van der Waals surface area (Å²) in [5.41, 5.74) is -0.113. The number of rotatable bonds is 7. The third-order valence-electron chi connectivity index (χ3n) is 3.23. The van der Waals surface area contributed by atoms with Gasteiger partial charge in [0.2, 0.25) is 0 Å². The molecule has 0 fully saturated rings. The first-order valence-electron chi connectivity index (χ1n) is 7.04. The molecule has 1 rings (SSSR count). The zero-order chi connectivity index (χ0) is 15.9. The molecule has 1 amide bonds. The lowest BCUT2D eigenvalue weighted by Crippen LogP contribution is -2.46. The summed E-state index contributed by atoms with van der Waals surface area (Å²) in [5, 5.41) is 12.0. The fourth-order valence-corrected chi connectivity index (χ4v) is 1.91. The maximum Gasteiger partial charge on any atom is 0.258 e. The number of aliphatic hydroxyl groups is 1. The Morgan fingerprint density at radius 3 is 2.29 bits per heavy atom. The molecule has 21 heavy (non-hydrogen) atoms.